The second-order valence-corrected chi connectivity index (χ2v) is 3.88. The van der Waals surface area contributed by atoms with E-state index in [1.807, 2.05) is 6.07 Å². The molecule has 1 aromatic carbocycles. The van der Waals surface area contributed by atoms with Crippen molar-refractivity contribution in [3.05, 3.63) is 35.9 Å². The predicted octanol–water partition coefficient (Wildman–Crippen LogP) is 1.93. The lowest BCUT2D eigenvalue weighted by atomic mass is 9.96. The number of benzene rings is 1. The van der Waals surface area contributed by atoms with Crippen molar-refractivity contribution < 1.29 is 0 Å². The molecule has 1 rings (SSSR count). The summed E-state index contributed by atoms with van der Waals surface area (Å²) in [5.74, 6) is 0.587. The summed E-state index contributed by atoms with van der Waals surface area (Å²) in [7, 11) is 0. The van der Waals surface area contributed by atoms with Crippen molar-refractivity contribution in [2.24, 2.45) is 11.7 Å². The Morgan fingerprint density at radius 1 is 1.21 bits per heavy atom. The lowest BCUT2D eigenvalue weighted by molar-refractivity contribution is 0.417. The molecule has 0 fully saturated rings. The molecule has 0 saturated carbocycles. The van der Waals surface area contributed by atoms with Crippen molar-refractivity contribution in [3.63, 3.8) is 0 Å². The van der Waals surface area contributed by atoms with E-state index in [0.717, 1.165) is 6.54 Å². The van der Waals surface area contributed by atoms with Crippen LogP contribution in [0.1, 0.15) is 25.5 Å². The normalized spacial score (nSPS) is 13.1. The van der Waals surface area contributed by atoms with Gasteiger partial charge >= 0.3 is 0 Å². The van der Waals surface area contributed by atoms with Crippen LogP contribution in [-0.4, -0.2) is 13.1 Å². The quantitative estimate of drug-likeness (QED) is 0.748. The van der Waals surface area contributed by atoms with Crippen LogP contribution in [0.25, 0.3) is 0 Å². The topological polar surface area (TPSA) is 38.0 Å². The van der Waals surface area contributed by atoms with Crippen LogP contribution in [0.2, 0.25) is 0 Å². The van der Waals surface area contributed by atoms with Gasteiger partial charge in [0.1, 0.15) is 0 Å². The Morgan fingerprint density at radius 2 is 1.86 bits per heavy atom. The fourth-order valence-corrected chi connectivity index (χ4v) is 1.64. The van der Waals surface area contributed by atoms with Crippen LogP contribution in [0.4, 0.5) is 0 Å². The molecule has 0 radical (unpaired) electrons. The highest BCUT2D eigenvalue weighted by atomic mass is 14.9. The Morgan fingerprint density at radius 3 is 2.36 bits per heavy atom. The van der Waals surface area contributed by atoms with Crippen LogP contribution in [0.15, 0.2) is 30.3 Å². The molecule has 3 N–H and O–H groups in total. The minimum Gasteiger partial charge on any atom is -0.329 e. The van der Waals surface area contributed by atoms with Gasteiger partial charge in [-0.15, -0.1) is 0 Å². The highest BCUT2D eigenvalue weighted by molar-refractivity contribution is 5.19. The number of hydrogen-bond acceptors (Lipinski definition) is 2. The largest absolute Gasteiger partial charge is 0.329 e. The molecule has 78 valence electrons. The van der Waals surface area contributed by atoms with Crippen LogP contribution in [0, 0.1) is 5.92 Å². The van der Waals surface area contributed by atoms with Crippen LogP contribution in [0.3, 0.4) is 0 Å². The number of nitrogens with one attached hydrogen (secondary N) is 1. The smallest absolute Gasteiger partial charge is 0.0343 e. The summed E-state index contributed by atoms with van der Waals surface area (Å²) < 4.78 is 0. The van der Waals surface area contributed by atoms with Gasteiger partial charge in [-0.05, 0) is 11.5 Å². The Balaban J connectivity index is 2.68. The third kappa shape index (κ3) is 3.13. The third-order valence-electron chi connectivity index (χ3n) is 2.33. The summed E-state index contributed by atoms with van der Waals surface area (Å²) in [5.41, 5.74) is 6.84. The maximum absolute atomic E-state index is 5.49. The Kier molecular flexibility index (Phi) is 4.63. The molecule has 0 amide bonds. The van der Waals surface area contributed by atoms with Gasteiger partial charge in [-0.2, -0.15) is 0 Å². The average Bonchev–Trinajstić information content (AvgIpc) is 2.19. The summed E-state index contributed by atoms with van der Waals surface area (Å²) in [6.45, 7) is 6.01. The van der Waals surface area contributed by atoms with Crippen LogP contribution >= 0.6 is 0 Å². The van der Waals surface area contributed by atoms with Crippen LogP contribution in [0.5, 0.6) is 0 Å². The van der Waals surface area contributed by atoms with Gasteiger partial charge in [-0.1, -0.05) is 44.2 Å². The number of hydrogen-bond donors (Lipinski definition) is 2. The van der Waals surface area contributed by atoms with Gasteiger partial charge in [-0.25, -0.2) is 0 Å². The first kappa shape index (κ1) is 11.2. The summed E-state index contributed by atoms with van der Waals surface area (Å²) in [4.78, 5) is 0. The predicted molar refractivity (Wildman–Crippen MR) is 61.1 cm³/mol. The molecular weight excluding hydrogens is 172 g/mol. The molecule has 2 heteroatoms. The first-order valence-corrected chi connectivity index (χ1v) is 5.24. The zero-order valence-electron chi connectivity index (χ0n) is 9.03. The van der Waals surface area contributed by atoms with Crippen LogP contribution < -0.4 is 11.1 Å². The van der Waals surface area contributed by atoms with E-state index in [1.54, 1.807) is 0 Å². The zero-order chi connectivity index (χ0) is 10.4. The highest BCUT2D eigenvalue weighted by Crippen LogP contribution is 2.20. The van der Waals surface area contributed by atoms with Crippen molar-refractivity contribution in [2.45, 2.75) is 19.9 Å². The van der Waals surface area contributed by atoms with Gasteiger partial charge in [0.2, 0.25) is 0 Å². The Hall–Kier alpha value is -0.860. The molecule has 0 aliphatic rings. The van der Waals surface area contributed by atoms with E-state index in [1.165, 1.54) is 5.56 Å². The molecule has 1 aromatic rings. The average molecular weight is 192 g/mol. The summed E-state index contributed by atoms with van der Waals surface area (Å²) in [6.07, 6.45) is 0. The van der Waals surface area contributed by atoms with Crippen LogP contribution in [-0.2, 0) is 0 Å². The van der Waals surface area contributed by atoms with E-state index in [0.29, 0.717) is 18.5 Å². The highest BCUT2D eigenvalue weighted by Gasteiger charge is 2.13. The summed E-state index contributed by atoms with van der Waals surface area (Å²) in [6, 6.07) is 10.9. The van der Waals surface area contributed by atoms with Crippen molar-refractivity contribution in [1.29, 1.82) is 0 Å². The molecule has 2 nitrogen and oxygen atoms in total. The molecule has 1 unspecified atom stereocenters. The van der Waals surface area contributed by atoms with Gasteiger partial charge in [0.15, 0.2) is 0 Å². The molecule has 0 aliphatic heterocycles. The molecular formula is C12H20N2. The Bertz CT molecular complexity index is 244. The second kappa shape index (κ2) is 5.78. The van der Waals surface area contributed by atoms with Crippen molar-refractivity contribution in [1.82, 2.24) is 5.32 Å². The fraction of sp³-hybridized carbons (Fsp3) is 0.500. The van der Waals surface area contributed by atoms with Crippen molar-refractivity contribution >= 4 is 0 Å². The van der Waals surface area contributed by atoms with Gasteiger partial charge < -0.3 is 11.1 Å². The van der Waals surface area contributed by atoms with Gasteiger partial charge in [0, 0.05) is 19.1 Å². The molecule has 0 aliphatic carbocycles. The monoisotopic (exact) mass is 192 g/mol. The summed E-state index contributed by atoms with van der Waals surface area (Å²) in [5, 5.41) is 3.46. The molecule has 0 saturated heterocycles. The number of nitrogens with two attached hydrogens (primary N) is 1. The van der Waals surface area contributed by atoms with Gasteiger partial charge in [-0.3, -0.25) is 0 Å². The minimum atomic E-state index is 0.416. The fourth-order valence-electron chi connectivity index (χ4n) is 1.64. The van der Waals surface area contributed by atoms with E-state index < -0.39 is 0 Å². The van der Waals surface area contributed by atoms with Crippen molar-refractivity contribution in [2.75, 3.05) is 13.1 Å². The van der Waals surface area contributed by atoms with E-state index >= 15 is 0 Å². The molecule has 0 heterocycles. The van der Waals surface area contributed by atoms with Gasteiger partial charge in [0.05, 0.1) is 0 Å². The molecule has 0 aromatic heterocycles. The van der Waals surface area contributed by atoms with E-state index in [-0.39, 0.29) is 0 Å². The standard InChI is InChI=1S/C12H20N2/c1-10(2)12(14-9-8-13)11-6-4-3-5-7-11/h3-7,10,12,14H,8-9,13H2,1-2H3. The molecule has 14 heavy (non-hydrogen) atoms. The first-order chi connectivity index (χ1) is 6.75. The lowest BCUT2D eigenvalue weighted by Crippen LogP contribution is -2.30. The maximum Gasteiger partial charge on any atom is 0.0343 e. The first-order valence-electron chi connectivity index (χ1n) is 5.24. The molecule has 0 spiro atoms. The Labute approximate surface area is 86.5 Å². The van der Waals surface area contributed by atoms with E-state index in [2.05, 4.69) is 43.4 Å². The van der Waals surface area contributed by atoms with Gasteiger partial charge in [0.25, 0.3) is 0 Å². The minimum absolute atomic E-state index is 0.416. The summed E-state index contributed by atoms with van der Waals surface area (Å²) >= 11 is 0. The third-order valence-corrected chi connectivity index (χ3v) is 2.33. The SMILES string of the molecule is CC(C)C(NCCN)c1ccccc1. The molecule has 0 bridgehead atoms. The van der Waals surface area contributed by atoms with E-state index in [4.69, 9.17) is 5.73 Å². The maximum atomic E-state index is 5.49. The molecule has 1 atom stereocenters. The lowest BCUT2D eigenvalue weighted by Gasteiger charge is -2.22. The number of rotatable bonds is 5. The van der Waals surface area contributed by atoms with E-state index in [9.17, 15) is 0 Å². The van der Waals surface area contributed by atoms with Crippen molar-refractivity contribution in [3.8, 4) is 0 Å². The zero-order valence-corrected chi connectivity index (χ0v) is 9.03. The second-order valence-electron chi connectivity index (χ2n) is 3.88.